The van der Waals surface area contributed by atoms with Crippen molar-refractivity contribution in [3.63, 3.8) is 0 Å². The summed E-state index contributed by atoms with van der Waals surface area (Å²) in [7, 11) is 1.49. The third-order valence-corrected chi connectivity index (χ3v) is 6.82. The summed E-state index contributed by atoms with van der Waals surface area (Å²) < 4.78 is 17.0. The Labute approximate surface area is 233 Å². The van der Waals surface area contributed by atoms with E-state index in [9.17, 15) is 4.79 Å². The van der Waals surface area contributed by atoms with Gasteiger partial charge in [-0.05, 0) is 98.4 Å². The molecule has 0 bridgehead atoms. The Morgan fingerprint density at radius 2 is 1.95 bits per heavy atom. The van der Waals surface area contributed by atoms with Crippen molar-refractivity contribution >= 4 is 34.6 Å². The van der Waals surface area contributed by atoms with E-state index in [0.717, 1.165) is 39.8 Å². The summed E-state index contributed by atoms with van der Waals surface area (Å²) in [6.07, 6.45) is 1.77. The molecular formula is C30H30N4O4S. The lowest BCUT2D eigenvalue weighted by atomic mass is 10.0. The number of aryl methyl sites for hydroxylation is 1. The number of methoxy groups -OCH3 is 1. The number of rotatable bonds is 9. The SMILES string of the molecule is CCOc1ccc(-c2ccc([C@H]3[C@H](c4ccccn4)NC(=S)N3c3ccc(NC(=O)COC)c(C)c3)o2)cc1. The van der Waals surface area contributed by atoms with E-state index in [1.165, 1.54) is 7.11 Å². The number of carbonyl (C=O) groups excluding carboxylic acids is 1. The lowest BCUT2D eigenvalue weighted by Crippen LogP contribution is -2.29. The van der Waals surface area contributed by atoms with E-state index in [-0.39, 0.29) is 24.6 Å². The minimum Gasteiger partial charge on any atom is -0.494 e. The van der Waals surface area contributed by atoms with E-state index in [2.05, 4.69) is 15.6 Å². The second kappa shape index (κ2) is 11.7. The first-order valence-corrected chi connectivity index (χ1v) is 13.1. The zero-order valence-corrected chi connectivity index (χ0v) is 22.8. The first-order valence-electron chi connectivity index (χ1n) is 12.7. The highest BCUT2D eigenvalue weighted by Gasteiger charge is 2.42. The third kappa shape index (κ3) is 5.64. The van der Waals surface area contributed by atoms with Gasteiger partial charge in [0.05, 0.1) is 18.3 Å². The number of aromatic nitrogens is 1. The molecule has 0 aliphatic carbocycles. The minimum absolute atomic E-state index is 0.00959. The largest absolute Gasteiger partial charge is 0.494 e. The molecule has 0 spiro atoms. The molecule has 2 atom stereocenters. The topological polar surface area (TPSA) is 88.9 Å². The van der Waals surface area contributed by atoms with Gasteiger partial charge in [0.25, 0.3) is 0 Å². The average molecular weight is 543 g/mol. The summed E-state index contributed by atoms with van der Waals surface area (Å²) in [5.41, 5.74) is 4.29. The molecule has 3 heterocycles. The lowest BCUT2D eigenvalue weighted by Gasteiger charge is -2.26. The van der Waals surface area contributed by atoms with Crippen molar-refractivity contribution in [2.45, 2.75) is 25.9 Å². The van der Waals surface area contributed by atoms with Crippen LogP contribution in [0, 0.1) is 6.92 Å². The van der Waals surface area contributed by atoms with E-state index in [4.69, 9.17) is 26.1 Å². The standard InChI is InChI=1S/C30H30N4O4S/c1-4-37-22-11-8-20(9-12-22)25-14-15-26(38-25)29-28(24-7-5-6-16-31-24)33-30(39)34(29)21-10-13-23(19(2)17-21)32-27(35)18-36-3/h5-17,28-29H,4,18H2,1-3H3,(H,32,35)(H,33,39)/t28-,29-/m0/s1. The van der Waals surface area contributed by atoms with Crippen LogP contribution >= 0.6 is 12.2 Å². The zero-order chi connectivity index (χ0) is 27.4. The van der Waals surface area contributed by atoms with Crippen molar-refractivity contribution in [2.75, 3.05) is 30.5 Å². The smallest absolute Gasteiger partial charge is 0.250 e. The summed E-state index contributed by atoms with van der Waals surface area (Å²) in [6, 6.07) is 22.9. The predicted octanol–water partition coefficient (Wildman–Crippen LogP) is 5.81. The molecule has 2 aromatic carbocycles. The molecule has 0 saturated carbocycles. The number of hydrogen-bond acceptors (Lipinski definition) is 6. The van der Waals surface area contributed by atoms with E-state index in [0.29, 0.717) is 17.4 Å². The highest BCUT2D eigenvalue weighted by atomic mass is 32.1. The van der Waals surface area contributed by atoms with Crippen LogP contribution in [0.25, 0.3) is 11.3 Å². The number of thiocarbonyl (C=S) groups is 1. The Bertz CT molecular complexity index is 1460. The molecule has 2 aromatic heterocycles. The molecule has 1 saturated heterocycles. The van der Waals surface area contributed by atoms with Crippen molar-refractivity contribution in [3.05, 3.63) is 96.0 Å². The van der Waals surface area contributed by atoms with Gasteiger partial charge in [-0.2, -0.15) is 0 Å². The van der Waals surface area contributed by atoms with Crippen LogP contribution in [0.15, 0.2) is 83.4 Å². The molecule has 39 heavy (non-hydrogen) atoms. The van der Waals surface area contributed by atoms with E-state index < -0.39 is 0 Å². The number of pyridine rings is 1. The van der Waals surface area contributed by atoms with Gasteiger partial charge in [-0.1, -0.05) is 6.07 Å². The van der Waals surface area contributed by atoms with E-state index in [1.807, 2.05) is 91.5 Å². The lowest BCUT2D eigenvalue weighted by molar-refractivity contribution is -0.119. The number of nitrogens with one attached hydrogen (secondary N) is 2. The van der Waals surface area contributed by atoms with Gasteiger partial charge in [0.15, 0.2) is 5.11 Å². The summed E-state index contributed by atoms with van der Waals surface area (Å²) in [5.74, 6) is 2.10. The van der Waals surface area contributed by atoms with Crippen LogP contribution < -0.4 is 20.3 Å². The van der Waals surface area contributed by atoms with Gasteiger partial charge in [-0.15, -0.1) is 0 Å². The number of anilines is 2. The summed E-state index contributed by atoms with van der Waals surface area (Å²) in [5, 5.41) is 6.90. The van der Waals surface area contributed by atoms with Crippen LogP contribution in [0.3, 0.4) is 0 Å². The molecule has 1 aliphatic rings. The number of hydrogen-bond donors (Lipinski definition) is 2. The highest BCUT2D eigenvalue weighted by Crippen LogP contribution is 2.43. The van der Waals surface area contributed by atoms with Gasteiger partial charge in [-0.25, -0.2) is 0 Å². The summed E-state index contributed by atoms with van der Waals surface area (Å²) in [6.45, 7) is 4.51. The molecule has 1 amide bonds. The van der Waals surface area contributed by atoms with E-state index in [1.54, 1.807) is 6.20 Å². The second-order valence-electron chi connectivity index (χ2n) is 9.14. The van der Waals surface area contributed by atoms with Gasteiger partial charge in [0.2, 0.25) is 5.91 Å². The monoisotopic (exact) mass is 542 g/mol. The van der Waals surface area contributed by atoms with Gasteiger partial charge in [0, 0.05) is 30.2 Å². The maximum absolute atomic E-state index is 12.1. The maximum Gasteiger partial charge on any atom is 0.250 e. The Kier molecular flexibility index (Phi) is 7.90. The van der Waals surface area contributed by atoms with Gasteiger partial charge < -0.3 is 29.4 Å². The molecule has 8 nitrogen and oxygen atoms in total. The first-order chi connectivity index (χ1) is 19.0. The second-order valence-corrected chi connectivity index (χ2v) is 9.52. The van der Waals surface area contributed by atoms with Gasteiger partial charge in [0.1, 0.15) is 29.9 Å². The van der Waals surface area contributed by atoms with Crippen LogP contribution in [0.1, 0.15) is 36.0 Å². The molecular weight excluding hydrogens is 512 g/mol. The quantitative estimate of drug-likeness (QED) is 0.256. The normalized spacial score (nSPS) is 16.7. The van der Waals surface area contributed by atoms with Crippen LogP contribution in [0.5, 0.6) is 5.75 Å². The maximum atomic E-state index is 12.1. The molecule has 9 heteroatoms. The highest BCUT2D eigenvalue weighted by molar-refractivity contribution is 7.80. The van der Waals surface area contributed by atoms with E-state index >= 15 is 0 Å². The zero-order valence-electron chi connectivity index (χ0n) is 22.0. The van der Waals surface area contributed by atoms with Crippen LogP contribution in [-0.2, 0) is 9.53 Å². The van der Waals surface area contributed by atoms with Crippen LogP contribution in [-0.4, -0.2) is 36.3 Å². The van der Waals surface area contributed by atoms with Crippen LogP contribution in [0.4, 0.5) is 11.4 Å². The first kappa shape index (κ1) is 26.4. The van der Waals surface area contributed by atoms with Crippen molar-refractivity contribution in [1.82, 2.24) is 10.3 Å². The van der Waals surface area contributed by atoms with Gasteiger partial charge >= 0.3 is 0 Å². The molecule has 2 N–H and O–H groups in total. The molecule has 0 radical (unpaired) electrons. The van der Waals surface area contributed by atoms with Crippen molar-refractivity contribution in [3.8, 4) is 17.1 Å². The van der Waals surface area contributed by atoms with Crippen molar-refractivity contribution < 1.29 is 18.7 Å². The Morgan fingerprint density at radius 1 is 1.13 bits per heavy atom. The molecule has 4 aromatic rings. The molecule has 0 unspecified atom stereocenters. The van der Waals surface area contributed by atoms with Crippen molar-refractivity contribution in [1.29, 1.82) is 0 Å². The Hall–Kier alpha value is -4.21. The fraction of sp³-hybridized carbons (Fsp3) is 0.233. The summed E-state index contributed by atoms with van der Waals surface area (Å²) in [4.78, 5) is 18.7. The molecule has 5 rings (SSSR count). The Balaban J connectivity index is 1.50. The number of nitrogens with zero attached hydrogens (tertiary/aromatic N) is 2. The number of ether oxygens (including phenoxy) is 2. The Morgan fingerprint density at radius 3 is 2.64 bits per heavy atom. The summed E-state index contributed by atoms with van der Waals surface area (Å²) >= 11 is 5.84. The van der Waals surface area contributed by atoms with Gasteiger partial charge in [-0.3, -0.25) is 9.78 Å². The molecule has 200 valence electrons. The van der Waals surface area contributed by atoms with Crippen LogP contribution in [0.2, 0.25) is 0 Å². The fourth-order valence-electron chi connectivity index (χ4n) is 4.73. The van der Waals surface area contributed by atoms with Crippen molar-refractivity contribution in [2.24, 2.45) is 0 Å². The fourth-order valence-corrected chi connectivity index (χ4v) is 5.07. The number of benzene rings is 2. The third-order valence-electron chi connectivity index (χ3n) is 6.50. The number of furan rings is 1. The predicted molar refractivity (Wildman–Crippen MR) is 155 cm³/mol. The number of amides is 1. The minimum atomic E-state index is -0.294. The average Bonchev–Trinajstić information content (AvgIpc) is 3.56. The molecule has 1 fully saturated rings. The molecule has 1 aliphatic heterocycles. The number of carbonyl (C=O) groups is 1.